The van der Waals surface area contributed by atoms with Crippen LogP contribution in [0.2, 0.25) is 0 Å². The summed E-state index contributed by atoms with van der Waals surface area (Å²) in [7, 11) is 0. The number of aromatic nitrogens is 5. The fourth-order valence-electron chi connectivity index (χ4n) is 2.94. The highest BCUT2D eigenvalue weighted by atomic mass is 32.2. The molecule has 0 radical (unpaired) electrons. The molecule has 0 aliphatic rings. The number of thioether (sulfide) groups is 1. The van der Waals surface area contributed by atoms with Crippen LogP contribution in [0.15, 0.2) is 53.0 Å². The standard InChI is InChI=1S/C22H23N5S2/c1-14(2)17-6-8-18(9-7-17)21-23-19(12-28-21)13-29-22-24-25-26-27(22)20-10-5-15(3)16(4)11-20/h5-12,14H,13H2,1-4H3. The number of nitrogens with zero attached hydrogens (tertiary/aromatic N) is 5. The molecule has 29 heavy (non-hydrogen) atoms. The van der Waals surface area contributed by atoms with Crippen molar-refractivity contribution < 1.29 is 0 Å². The molecule has 0 aliphatic carbocycles. The number of hydrogen-bond acceptors (Lipinski definition) is 6. The Morgan fingerprint density at radius 3 is 2.55 bits per heavy atom. The summed E-state index contributed by atoms with van der Waals surface area (Å²) in [5, 5.41) is 16.1. The SMILES string of the molecule is Cc1ccc(-n2nnnc2SCc2csc(-c3ccc(C(C)C)cc3)n2)cc1C. The molecule has 0 aliphatic heterocycles. The zero-order valence-corrected chi connectivity index (χ0v) is 18.6. The maximum Gasteiger partial charge on any atom is 0.214 e. The highest BCUT2D eigenvalue weighted by molar-refractivity contribution is 7.98. The first-order valence-corrected chi connectivity index (χ1v) is 11.4. The van der Waals surface area contributed by atoms with Gasteiger partial charge in [-0.05, 0) is 59.0 Å². The quantitative estimate of drug-likeness (QED) is 0.367. The van der Waals surface area contributed by atoms with E-state index in [2.05, 4.69) is 85.0 Å². The third-order valence-electron chi connectivity index (χ3n) is 4.90. The zero-order chi connectivity index (χ0) is 20.4. The largest absolute Gasteiger partial charge is 0.240 e. The van der Waals surface area contributed by atoms with E-state index in [0.29, 0.717) is 5.92 Å². The second-order valence-corrected chi connectivity index (χ2v) is 9.15. The molecule has 0 amide bonds. The maximum atomic E-state index is 4.80. The Kier molecular flexibility index (Phi) is 5.78. The van der Waals surface area contributed by atoms with Gasteiger partial charge in [-0.25, -0.2) is 4.98 Å². The van der Waals surface area contributed by atoms with Crippen LogP contribution in [0.4, 0.5) is 0 Å². The second-order valence-electron chi connectivity index (χ2n) is 7.35. The first-order chi connectivity index (χ1) is 14.0. The predicted octanol–water partition coefficient (Wildman–Crippen LogP) is 5.82. The van der Waals surface area contributed by atoms with E-state index in [0.717, 1.165) is 32.9 Å². The Balaban J connectivity index is 1.47. The van der Waals surface area contributed by atoms with Crippen molar-refractivity contribution in [2.24, 2.45) is 0 Å². The molecule has 5 nitrogen and oxygen atoms in total. The molecule has 0 N–H and O–H groups in total. The molecule has 0 saturated carbocycles. The summed E-state index contributed by atoms with van der Waals surface area (Å²) in [5.41, 5.74) is 7.01. The Labute approximate surface area is 179 Å². The molecule has 0 unspecified atom stereocenters. The molecule has 148 valence electrons. The van der Waals surface area contributed by atoms with Crippen molar-refractivity contribution in [3.63, 3.8) is 0 Å². The van der Waals surface area contributed by atoms with Gasteiger partial charge in [0.05, 0.1) is 11.4 Å². The van der Waals surface area contributed by atoms with Crippen LogP contribution >= 0.6 is 23.1 Å². The predicted molar refractivity (Wildman–Crippen MR) is 120 cm³/mol. The Bertz CT molecular complexity index is 1110. The van der Waals surface area contributed by atoms with Crippen LogP contribution in [0, 0.1) is 13.8 Å². The van der Waals surface area contributed by atoms with Crippen LogP contribution in [-0.4, -0.2) is 25.2 Å². The number of aryl methyl sites for hydroxylation is 2. The molecule has 2 aromatic carbocycles. The molecular formula is C22H23N5S2. The van der Waals surface area contributed by atoms with E-state index in [-0.39, 0.29) is 0 Å². The minimum Gasteiger partial charge on any atom is -0.240 e. The van der Waals surface area contributed by atoms with Gasteiger partial charge in [0.25, 0.3) is 0 Å². The average molecular weight is 422 g/mol. The highest BCUT2D eigenvalue weighted by Gasteiger charge is 2.12. The van der Waals surface area contributed by atoms with Crippen LogP contribution in [0.1, 0.15) is 42.1 Å². The van der Waals surface area contributed by atoms with Gasteiger partial charge in [0, 0.05) is 16.7 Å². The summed E-state index contributed by atoms with van der Waals surface area (Å²) in [6, 6.07) is 14.9. The molecule has 0 spiro atoms. The van der Waals surface area contributed by atoms with E-state index in [9.17, 15) is 0 Å². The lowest BCUT2D eigenvalue weighted by Gasteiger charge is -2.06. The Morgan fingerprint density at radius 2 is 1.83 bits per heavy atom. The van der Waals surface area contributed by atoms with Gasteiger partial charge in [-0.1, -0.05) is 55.9 Å². The monoisotopic (exact) mass is 421 g/mol. The molecule has 0 fully saturated rings. The van der Waals surface area contributed by atoms with Crippen LogP contribution in [0.3, 0.4) is 0 Å². The number of tetrazole rings is 1. The molecule has 4 rings (SSSR count). The van der Waals surface area contributed by atoms with Gasteiger partial charge in [0.15, 0.2) is 0 Å². The van der Waals surface area contributed by atoms with Gasteiger partial charge in [-0.3, -0.25) is 0 Å². The van der Waals surface area contributed by atoms with Gasteiger partial charge in [0.2, 0.25) is 5.16 Å². The Morgan fingerprint density at radius 1 is 1.03 bits per heavy atom. The molecule has 2 heterocycles. The fraction of sp³-hybridized carbons (Fsp3) is 0.273. The molecule has 0 atom stereocenters. The van der Waals surface area contributed by atoms with E-state index in [1.807, 2.05) is 6.07 Å². The third-order valence-corrected chi connectivity index (χ3v) is 6.79. The van der Waals surface area contributed by atoms with E-state index in [1.165, 1.54) is 16.7 Å². The third kappa shape index (κ3) is 4.41. The van der Waals surface area contributed by atoms with Crippen molar-refractivity contribution in [3.05, 3.63) is 70.2 Å². The van der Waals surface area contributed by atoms with Crippen LogP contribution in [0.5, 0.6) is 0 Å². The van der Waals surface area contributed by atoms with Crippen molar-refractivity contribution in [1.82, 2.24) is 25.2 Å². The van der Waals surface area contributed by atoms with Crippen LogP contribution in [0.25, 0.3) is 16.3 Å². The summed E-state index contributed by atoms with van der Waals surface area (Å²) in [5.74, 6) is 1.27. The highest BCUT2D eigenvalue weighted by Crippen LogP contribution is 2.29. The van der Waals surface area contributed by atoms with E-state index in [4.69, 9.17) is 4.98 Å². The van der Waals surface area contributed by atoms with E-state index >= 15 is 0 Å². The number of hydrogen-bond donors (Lipinski definition) is 0. The van der Waals surface area contributed by atoms with Gasteiger partial charge in [-0.2, -0.15) is 4.68 Å². The molecule has 7 heteroatoms. The molecular weight excluding hydrogens is 398 g/mol. The van der Waals surface area contributed by atoms with Gasteiger partial charge in [0.1, 0.15) is 5.01 Å². The van der Waals surface area contributed by atoms with Crippen molar-refractivity contribution in [2.75, 3.05) is 0 Å². The van der Waals surface area contributed by atoms with Crippen LogP contribution in [-0.2, 0) is 5.75 Å². The lowest BCUT2D eigenvalue weighted by atomic mass is 10.0. The minimum atomic E-state index is 0.538. The second kappa shape index (κ2) is 8.47. The van der Waals surface area contributed by atoms with Crippen LogP contribution < -0.4 is 0 Å². The minimum absolute atomic E-state index is 0.538. The maximum absolute atomic E-state index is 4.80. The first kappa shape index (κ1) is 19.8. The van der Waals surface area contributed by atoms with E-state index < -0.39 is 0 Å². The smallest absolute Gasteiger partial charge is 0.214 e. The molecule has 4 aromatic rings. The van der Waals surface area contributed by atoms with E-state index in [1.54, 1.807) is 27.8 Å². The normalized spacial score (nSPS) is 11.3. The summed E-state index contributed by atoms with van der Waals surface area (Å²) in [4.78, 5) is 4.80. The summed E-state index contributed by atoms with van der Waals surface area (Å²) in [6.45, 7) is 8.61. The summed E-state index contributed by atoms with van der Waals surface area (Å²) in [6.07, 6.45) is 0. The van der Waals surface area contributed by atoms with Gasteiger partial charge in [-0.15, -0.1) is 16.4 Å². The lowest BCUT2D eigenvalue weighted by molar-refractivity contribution is 0.755. The average Bonchev–Trinajstić information content (AvgIpc) is 3.38. The molecule has 2 aromatic heterocycles. The number of rotatable bonds is 6. The number of thiazole rings is 1. The van der Waals surface area contributed by atoms with Crippen molar-refractivity contribution >= 4 is 23.1 Å². The fourth-order valence-corrected chi connectivity index (χ4v) is 4.66. The summed E-state index contributed by atoms with van der Waals surface area (Å²) < 4.78 is 1.79. The topological polar surface area (TPSA) is 56.5 Å². The summed E-state index contributed by atoms with van der Waals surface area (Å²) >= 11 is 3.27. The molecule has 0 saturated heterocycles. The van der Waals surface area contributed by atoms with Gasteiger partial charge >= 0.3 is 0 Å². The van der Waals surface area contributed by atoms with Crippen molar-refractivity contribution in [3.8, 4) is 16.3 Å². The zero-order valence-electron chi connectivity index (χ0n) is 17.0. The molecule has 0 bridgehead atoms. The van der Waals surface area contributed by atoms with Crippen molar-refractivity contribution in [1.29, 1.82) is 0 Å². The van der Waals surface area contributed by atoms with Crippen molar-refractivity contribution in [2.45, 2.75) is 44.5 Å². The first-order valence-electron chi connectivity index (χ1n) is 9.55. The lowest BCUT2D eigenvalue weighted by Crippen LogP contribution is -2.00. The Hall–Kier alpha value is -2.51. The van der Waals surface area contributed by atoms with Gasteiger partial charge < -0.3 is 0 Å². The number of benzene rings is 2.